The first kappa shape index (κ1) is 20.3. The first-order valence-corrected chi connectivity index (χ1v) is 11.3. The van der Waals surface area contributed by atoms with Gasteiger partial charge >= 0.3 is 0 Å². The third-order valence-corrected chi connectivity index (χ3v) is 6.47. The Morgan fingerprint density at radius 3 is 2.07 bits per heavy atom. The van der Waals surface area contributed by atoms with Gasteiger partial charge in [0.2, 0.25) is 11.8 Å². The van der Waals surface area contributed by atoms with E-state index in [-0.39, 0.29) is 18.4 Å². The molecule has 0 aromatic carbocycles. The maximum absolute atomic E-state index is 12.7. The zero-order valence-electron chi connectivity index (χ0n) is 16.6. The van der Waals surface area contributed by atoms with E-state index in [2.05, 4.69) is 20.5 Å². The lowest BCUT2D eigenvalue weighted by Gasteiger charge is -2.34. The molecule has 8 heteroatoms. The Kier molecular flexibility index (Phi) is 7.26. The van der Waals surface area contributed by atoms with Crippen molar-refractivity contribution in [1.82, 2.24) is 20.4 Å². The van der Waals surface area contributed by atoms with E-state index in [1.54, 1.807) is 19.0 Å². The van der Waals surface area contributed by atoms with Gasteiger partial charge in [0.05, 0.1) is 0 Å². The van der Waals surface area contributed by atoms with Crippen LogP contribution in [0.2, 0.25) is 0 Å². The van der Waals surface area contributed by atoms with Crippen molar-refractivity contribution < 1.29 is 9.59 Å². The van der Waals surface area contributed by atoms with Crippen molar-refractivity contribution >= 4 is 29.5 Å². The molecule has 0 spiro atoms. The minimum Gasteiger partial charge on any atom is -0.354 e. The lowest BCUT2D eigenvalue weighted by molar-refractivity contribution is -0.136. The summed E-state index contributed by atoms with van der Waals surface area (Å²) in [5.41, 5.74) is 0. The van der Waals surface area contributed by atoms with E-state index < -0.39 is 0 Å². The summed E-state index contributed by atoms with van der Waals surface area (Å²) in [6, 6.07) is 0.811. The van der Waals surface area contributed by atoms with E-state index >= 15 is 0 Å². The summed E-state index contributed by atoms with van der Waals surface area (Å²) in [5.74, 6) is 3.42. The van der Waals surface area contributed by atoms with Crippen molar-refractivity contribution in [2.24, 2.45) is 10.9 Å². The molecule has 1 aliphatic heterocycles. The Morgan fingerprint density at radius 2 is 1.56 bits per heavy atom. The monoisotopic (exact) mass is 395 g/mol. The van der Waals surface area contributed by atoms with Gasteiger partial charge in [0, 0.05) is 56.7 Å². The van der Waals surface area contributed by atoms with E-state index in [0.717, 1.165) is 69.1 Å². The summed E-state index contributed by atoms with van der Waals surface area (Å²) in [4.78, 5) is 32.6. The quantitative estimate of drug-likeness (QED) is 0.534. The molecule has 7 nitrogen and oxygen atoms in total. The number of hydrogen-bond acceptors (Lipinski definition) is 4. The SMILES string of the molecule is CN(C)C(=O)CN=C(NC1CC1)NC1CCC(C(=O)N2CCSCC2)CC1. The average molecular weight is 396 g/mol. The third kappa shape index (κ3) is 6.30. The molecule has 152 valence electrons. The summed E-state index contributed by atoms with van der Waals surface area (Å²) in [6.45, 7) is 1.98. The lowest BCUT2D eigenvalue weighted by Crippen LogP contribution is -2.48. The van der Waals surface area contributed by atoms with Crippen molar-refractivity contribution in [3.63, 3.8) is 0 Å². The van der Waals surface area contributed by atoms with Gasteiger partial charge in [-0.15, -0.1) is 0 Å². The largest absolute Gasteiger partial charge is 0.354 e. The van der Waals surface area contributed by atoms with Gasteiger partial charge in [0.25, 0.3) is 0 Å². The minimum absolute atomic E-state index is 0.000830. The van der Waals surface area contributed by atoms with Crippen LogP contribution < -0.4 is 10.6 Å². The first-order valence-electron chi connectivity index (χ1n) is 10.2. The molecule has 1 saturated heterocycles. The molecule has 3 fully saturated rings. The highest BCUT2D eigenvalue weighted by atomic mass is 32.2. The van der Waals surface area contributed by atoms with E-state index in [1.165, 1.54) is 0 Å². The van der Waals surface area contributed by atoms with E-state index in [0.29, 0.717) is 18.0 Å². The number of thioether (sulfide) groups is 1. The van der Waals surface area contributed by atoms with E-state index in [9.17, 15) is 9.59 Å². The van der Waals surface area contributed by atoms with Crippen LogP contribution in [0.4, 0.5) is 0 Å². The highest BCUT2D eigenvalue weighted by Gasteiger charge is 2.31. The fourth-order valence-electron chi connectivity index (χ4n) is 3.56. The number of guanidine groups is 1. The molecular weight excluding hydrogens is 362 g/mol. The third-order valence-electron chi connectivity index (χ3n) is 5.53. The van der Waals surface area contributed by atoms with Crippen molar-refractivity contribution in [2.75, 3.05) is 45.2 Å². The van der Waals surface area contributed by atoms with Crippen LogP contribution in [0.15, 0.2) is 4.99 Å². The number of likely N-dealkylation sites (N-methyl/N-ethyl adjacent to an activating group) is 1. The van der Waals surface area contributed by atoms with Crippen molar-refractivity contribution in [2.45, 2.75) is 50.6 Å². The molecule has 0 aromatic heterocycles. The molecule has 2 saturated carbocycles. The first-order chi connectivity index (χ1) is 13.0. The van der Waals surface area contributed by atoms with Crippen LogP contribution in [0.3, 0.4) is 0 Å². The molecule has 1 heterocycles. The number of hydrogen-bond donors (Lipinski definition) is 2. The second-order valence-corrected chi connectivity index (χ2v) is 9.23. The lowest BCUT2D eigenvalue weighted by atomic mass is 9.85. The van der Waals surface area contributed by atoms with Crippen LogP contribution in [0.1, 0.15) is 38.5 Å². The summed E-state index contributed by atoms with van der Waals surface area (Å²) in [5, 5.41) is 6.91. The van der Waals surface area contributed by atoms with Crippen LogP contribution in [-0.4, -0.2) is 84.9 Å². The molecule has 2 N–H and O–H groups in total. The molecule has 3 aliphatic rings. The Bertz CT molecular complexity index is 550. The number of nitrogens with one attached hydrogen (secondary N) is 2. The summed E-state index contributed by atoms with van der Waals surface area (Å²) in [6.07, 6.45) is 6.16. The molecular formula is C19H33N5O2S. The van der Waals surface area contributed by atoms with Gasteiger partial charge < -0.3 is 20.4 Å². The van der Waals surface area contributed by atoms with Crippen molar-refractivity contribution in [3.05, 3.63) is 0 Å². The number of aliphatic imine (C=N–C) groups is 1. The zero-order valence-corrected chi connectivity index (χ0v) is 17.4. The number of amides is 2. The summed E-state index contributed by atoms with van der Waals surface area (Å²) < 4.78 is 0. The Balaban J connectivity index is 1.47. The molecule has 3 rings (SSSR count). The number of nitrogens with zero attached hydrogens (tertiary/aromatic N) is 3. The van der Waals surface area contributed by atoms with Gasteiger partial charge in [-0.2, -0.15) is 11.8 Å². The predicted molar refractivity (Wildman–Crippen MR) is 110 cm³/mol. The molecule has 27 heavy (non-hydrogen) atoms. The Labute approximate surface area is 166 Å². The van der Waals surface area contributed by atoms with Crippen molar-refractivity contribution in [3.8, 4) is 0 Å². The predicted octanol–water partition coefficient (Wildman–Crippen LogP) is 0.906. The molecule has 0 atom stereocenters. The van der Waals surface area contributed by atoms with Crippen LogP contribution in [0.25, 0.3) is 0 Å². The number of rotatable bonds is 5. The highest BCUT2D eigenvalue weighted by molar-refractivity contribution is 7.99. The summed E-state index contributed by atoms with van der Waals surface area (Å²) in [7, 11) is 3.50. The fraction of sp³-hybridized carbons (Fsp3) is 0.842. The summed E-state index contributed by atoms with van der Waals surface area (Å²) >= 11 is 1.94. The van der Waals surface area contributed by atoms with E-state index in [1.807, 2.05) is 11.8 Å². The Morgan fingerprint density at radius 1 is 1.00 bits per heavy atom. The van der Waals surface area contributed by atoms with Gasteiger partial charge in [0.1, 0.15) is 6.54 Å². The molecule has 0 bridgehead atoms. The second-order valence-electron chi connectivity index (χ2n) is 8.00. The van der Waals surface area contributed by atoms with Gasteiger partial charge in [-0.1, -0.05) is 0 Å². The number of carbonyl (C=O) groups excluding carboxylic acids is 2. The van der Waals surface area contributed by atoms with Gasteiger partial charge in [-0.3, -0.25) is 9.59 Å². The molecule has 0 aromatic rings. The zero-order chi connectivity index (χ0) is 19.2. The maximum Gasteiger partial charge on any atom is 0.243 e. The maximum atomic E-state index is 12.7. The van der Waals surface area contributed by atoms with Crippen LogP contribution in [0.5, 0.6) is 0 Å². The average Bonchev–Trinajstić information content (AvgIpc) is 3.50. The van der Waals surface area contributed by atoms with Crippen LogP contribution in [-0.2, 0) is 9.59 Å². The number of carbonyl (C=O) groups is 2. The minimum atomic E-state index is 0.000830. The highest BCUT2D eigenvalue weighted by Crippen LogP contribution is 2.27. The fourth-order valence-corrected chi connectivity index (χ4v) is 4.47. The molecule has 0 radical (unpaired) electrons. The smallest absolute Gasteiger partial charge is 0.243 e. The second kappa shape index (κ2) is 9.66. The van der Waals surface area contributed by atoms with Gasteiger partial charge in [-0.25, -0.2) is 4.99 Å². The Hall–Kier alpha value is -1.44. The van der Waals surface area contributed by atoms with E-state index in [4.69, 9.17) is 0 Å². The van der Waals surface area contributed by atoms with Gasteiger partial charge in [-0.05, 0) is 38.5 Å². The van der Waals surface area contributed by atoms with Crippen LogP contribution >= 0.6 is 11.8 Å². The van der Waals surface area contributed by atoms with Crippen molar-refractivity contribution in [1.29, 1.82) is 0 Å². The normalized spacial score (nSPS) is 26.4. The topological polar surface area (TPSA) is 77.0 Å². The van der Waals surface area contributed by atoms with Crippen LogP contribution in [0, 0.1) is 5.92 Å². The standard InChI is InChI=1S/C19H33N5O2S/c1-23(2)17(25)13-20-19(22-16-7-8-16)21-15-5-3-14(4-6-15)18(26)24-9-11-27-12-10-24/h14-16H,3-13H2,1-2H3,(H2,20,21,22). The molecule has 0 unspecified atom stereocenters. The molecule has 2 aliphatic carbocycles. The molecule has 2 amide bonds. The van der Waals surface area contributed by atoms with Gasteiger partial charge in [0.15, 0.2) is 5.96 Å².